The zero-order valence-corrected chi connectivity index (χ0v) is 15.3. The van der Waals surface area contributed by atoms with E-state index in [-0.39, 0.29) is 11.6 Å². The monoisotopic (exact) mass is 377 g/mol. The molecule has 2 N–H and O–H groups in total. The van der Waals surface area contributed by atoms with E-state index in [9.17, 15) is 4.79 Å². The Hall–Kier alpha value is -3.43. The lowest BCUT2D eigenvalue weighted by Gasteiger charge is -2.10. The van der Waals surface area contributed by atoms with E-state index in [2.05, 4.69) is 20.6 Å². The number of hydrogen-bond donors (Lipinski definition) is 2. The summed E-state index contributed by atoms with van der Waals surface area (Å²) in [7, 11) is 0. The predicted octanol–water partition coefficient (Wildman–Crippen LogP) is 4.17. The number of nitriles is 1. The fourth-order valence-electron chi connectivity index (χ4n) is 2.43. The van der Waals surface area contributed by atoms with Crippen LogP contribution in [0, 0.1) is 18.3 Å². The number of hydrogen-bond acceptors (Lipinski definition) is 5. The Morgan fingerprint density at radius 1 is 1.15 bits per heavy atom. The average Bonchev–Trinajstić information content (AvgIpc) is 2.67. The topological polar surface area (TPSA) is 90.7 Å². The van der Waals surface area contributed by atoms with Crippen molar-refractivity contribution >= 4 is 29.0 Å². The molecule has 2 aromatic carbocycles. The van der Waals surface area contributed by atoms with Gasteiger partial charge >= 0.3 is 0 Å². The molecule has 0 bridgehead atoms. The van der Waals surface area contributed by atoms with Crippen LogP contribution in [0.15, 0.2) is 54.6 Å². The molecule has 27 heavy (non-hydrogen) atoms. The minimum Gasteiger partial charge on any atom is -0.366 e. The number of nitrogens with one attached hydrogen (secondary N) is 2. The first-order valence-electron chi connectivity index (χ1n) is 8.19. The summed E-state index contributed by atoms with van der Waals surface area (Å²) in [6, 6.07) is 17.7. The number of anilines is 2. The van der Waals surface area contributed by atoms with Crippen LogP contribution in [0.25, 0.3) is 0 Å². The van der Waals surface area contributed by atoms with Crippen molar-refractivity contribution in [2.75, 3.05) is 10.6 Å². The Morgan fingerprint density at radius 3 is 2.59 bits per heavy atom. The summed E-state index contributed by atoms with van der Waals surface area (Å²) in [6.07, 6.45) is 0. The lowest BCUT2D eigenvalue weighted by molar-refractivity contribution is 0.102. The van der Waals surface area contributed by atoms with Gasteiger partial charge in [0.1, 0.15) is 17.3 Å². The Morgan fingerprint density at radius 2 is 1.89 bits per heavy atom. The Balaban J connectivity index is 1.73. The second-order valence-electron chi connectivity index (χ2n) is 5.77. The molecule has 0 radical (unpaired) electrons. The minimum absolute atomic E-state index is 0.244. The number of carbonyl (C=O) groups excluding carboxylic acids is 1. The van der Waals surface area contributed by atoms with Crippen LogP contribution < -0.4 is 10.6 Å². The molecule has 0 aliphatic carbocycles. The van der Waals surface area contributed by atoms with Crippen LogP contribution in [0.3, 0.4) is 0 Å². The molecule has 0 atom stereocenters. The molecule has 134 valence electrons. The summed E-state index contributed by atoms with van der Waals surface area (Å²) < 4.78 is 0. The van der Waals surface area contributed by atoms with E-state index < -0.39 is 0 Å². The summed E-state index contributed by atoms with van der Waals surface area (Å²) in [6.45, 7) is 2.20. The quantitative estimate of drug-likeness (QED) is 0.696. The van der Waals surface area contributed by atoms with E-state index in [1.54, 1.807) is 37.3 Å². The van der Waals surface area contributed by atoms with Gasteiger partial charge in [0.2, 0.25) is 0 Å². The maximum absolute atomic E-state index is 12.5. The SMILES string of the molecule is Cc1nc(NCc2ccccc2Cl)cc(C(=O)Nc2ccc(C#N)cc2)n1. The fraction of sp³-hybridized carbons (Fsp3) is 0.100. The molecular weight excluding hydrogens is 362 g/mol. The lowest BCUT2D eigenvalue weighted by Crippen LogP contribution is -2.16. The number of halogens is 1. The van der Waals surface area contributed by atoms with E-state index in [4.69, 9.17) is 16.9 Å². The minimum atomic E-state index is -0.356. The standard InChI is InChI=1S/C20H16ClN5O/c1-13-24-18(20(27)26-16-8-6-14(11-22)7-9-16)10-19(25-13)23-12-15-4-2-3-5-17(15)21/h2-10H,12H2,1H3,(H,26,27)(H,23,24,25). The highest BCUT2D eigenvalue weighted by Gasteiger charge is 2.11. The van der Waals surface area contributed by atoms with Crippen LogP contribution in [0.5, 0.6) is 0 Å². The van der Waals surface area contributed by atoms with E-state index in [0.717, 1.165) is 5.56 Å². The van der Waals surface area contributed by atoms with Crippen LogP contribution in [-0.4, -0.2) is 15.9 Å². The van der Waals surface area contributed by atoms with Gasteiger partial charge in [-0.3, -0.25) is 4.79 Å². The molecule has 7 heteroatoms. The molecule has 1 aromatic heterocycles. The van der Waals surface area contributed by atoms with Crippen molar-refractivity contribution in [2.24, 2.45) is 0 Å². The number of rotatable bonds is 5. The first-order valence-corrected chi connectivity index (χ1v) is 8.57. The van der Waals surface area contributed by atoms with Crippen LogP contribution in [0.1, 0.15) is 27.4 Å². The molecule has 3 rings (SSSR count). The molecule has 0 aliphatic heterocycles. The Bertz CT molecular complexity index is 1010. The number of aromatic nitrogens is 2. The molecule has 0 saturated heterocycles. The van der Waals surface area contributed by atoms with E-state index >= 15 is 0 Å². The van der Waals surface area contributed by atoms with E-state index in [1.165, 1.54) is 0 Å². The molecule has 6 nitrogen and oxygen atoms in total. The molecule has 1 amide bonds. The van der Waals surface area contributed by atoms with Gasteiger partial charge in [0, 0.05) is 23.3 Å². The Kier molecular flexibility index (Phi) is 5.64. The van der Waals surface area contributed by atoms with Gasteiger partial charge in [0.05, 0.1) is 11.6 Å². The van der Waals surface area contributed by atoms with Crippen molar-refractivity contribution in [1.29, 1.82) is 5.26 Å². The number of benzene rings is 2. The number of aryl methyl sites for hydroxylation is 1. The van der Waals surface area contributed by atoms with Crippen LogP contribution >= 0.6 is 11.6 Å². The third-order valence-electron chi connectivity index (χ3n) is 3.76. The fourth-order valence-corrected chi connectivity index (χ4v) is 2.63. The highest BCUT2D eigenvalue weighted by atomic mass is 35.5. The second-order valence-corrected chi connectivity index (χ2v) is 6.18. The van der Waals surface area contributed by atoms with Crippen molar-refractivity contribution in [3.8, 4) is 6.07 Å². The van der Waals surface area contributed by atoms with Gasteiger partial charge in [-0.1, -0.05) is 29.8 Å². The van der Waals surface area contributed by atoms with Gasteiger partial charge in [0.25, 0.3) is 5.91 Å². The highest BCUT2D eigenvalue weighted by molar-refractivity contribution is 6.31. The zero-order chi connectivity index (χ0) is 19.2. The van der Waals surface area contributed by atoms with Crippen LogP contribution in [0.4, 0.5) is 11.5 Å². The largest absolute Gasteiger partial charge is 0.366 e. The molecule has 0 aliphatic rings. The normalized spacial score (nSPS) is 10.1. The van der Waals surface area contributed by atoms with Gasteiger partial charge in [-0.05, 0) is 42.8 Å². The van der Waals surface area contributed by atoms with Gasteiger partial charge in [-0.2, -0.15) is 5.26 Å². The maximum atomic E-state index is 12.5. The predicted molar refractivity (Wildman–Crippen MR) is 105 cm³/mol. The maximum Gasteiger partial charge on any atom is 0.274 e. The smallest absolute Gasteiger partial charge is 0.274 e. The number of carbonyl (C=O) groups is 1. The molecule has 0 saturated carbocycles. The zero-order valence-electron chi connectivity index (χ0n) is 14.5. The third kappa shape index (κ3) is 4.81. The third-order valence-corrected chi connectivity index (χ3v) is 4.13. The summed E-state index contributed by atoms with van der Waals surface area (Å²) in [5.41, 5.74) is 2.28. The molecule has 3 aromatic rings. The number of nitrogens with zero attached hydrogens (tertiary/aromatic N) is 3. The molecule has 0 unspecified atom stereocenters. The van der Waals surface area contributed by atoms with Gasteiger partial charge in [0.15, 0.2) is 0 Å². The van der Waals surface area contributed by atoms with Gasteiger partial charge < -0.3 is 10.6 Å². The van der Waals surface area contributed by atoms with Crippen LogP contribution in [-0.2, 0) is 6.54 Å². The van der Waals surface area contributed by atoms with E-state index in [1.807, 2.05) is 30.3 Å². The summed E-state index contributed by atoms with van der Waals surface area (Å²) in [5, 5.41) is 15.4. The highest BCUT2D eigenvalue weighted by Crippen LogP contribution is 2.17. The summed E-state index contributed by atoms with van der Waals surface area (Å²) >= 11 is 6.16. The first-order chi connectivity index (χ1) is 13.0. The Labute approximate surface area is 161 Å². The van der Waals surface area contributed by atoms with E-state index in [0.29, 0.717) is 34.5 Å². The summed E-state index contributed by atoms with van der Waals surface area (Å²) in [4.78, 5) is 21.0. The average molecular weight is 378 g/mol. The van der Waals surface area contributed by atoms with Gasteiger partial charge in [-0.15, -0.1) is 0 Å². The lowest BCUT2D eigenvalue weighted by atomic mass is 10.2. The molecule has 1 heterocycles. The van der Waals surface area contributed by atoms with Crippen molar-refractivity contribution in [2.45, 2.75) is 13.5 Å². The van der Waals surface area contributed by atoms with Crippen LogP contribution in [0.2, 0.25) is 5.02 Å². The van der Waals surface area contributed by atoms with Crippen molar-refractivity contribution < 1.29 is 4.79 Å². The summed E-state index contributed by atoms with van der Waals surface area (Å²) in [5.74, 6) is 0.655. The first kappa shape index (κ1) is 18.4. The van der Waals surface area contributed by atoms with Gasteiger partial charge in [-0.25, -0.2) is 9.97 Å². The second kappa shape index (κ2) is 8.30. The molecular formula is C20H16ClN5O. The number of amides is 1. The molecule has 0 spiro atoms. The van der Waals surface area contributed by atoms with Crippen molar-refractivity contribution in [1.82, 2.24) is 9.97 Å². The van der Waals surface area contributed by atoms with Crippen molar-refractivity contribution in [3.63, 3.8) is 0 Å². The molecule has 0 fully saturated rings. The van der Waals surface area contributed by atoms with Crippen molar-refractivity contribution in [3.05, 3.63) is 82.3 Å².